The number of rotatable bonds is 3. The van der Waals surface area contributed by atoms with Crippen molar-refractivity contribution in [3.8, 4) is 17.6 Å². The number of hydrogen-bond acceptors (Lipinski definition) is 1. The first-order chi connectivity index (χ1) is 12.9. The molecule has 0 unspecified atom stereocenters. The third-order valence-electron chi connectivity index (χ3n) is 3.61. The van der Waals surface area contributed by atoms with Crippen LogP contribution in [0.15, 0.2) is 54.6 Å². The lowest BCUT2D eigenvalue weighted by Crippen LogP contribution is -1.98. The van der Waals surface area contributed by atoms with Gasteiger partial charge in [-0.2, -0.15) is 0 Å². The Labute approximate surface area is 152 Å². The summed E-state index contributed by atoms with van der Waals surface area (Å²) < 4.78 is 71.4. The van der Waals surface area contributed by atoms with Gasteiger partial charge < -0.3 is 4.74 Å². The van der Waals surface area contributed by atoms with Crippen LogP contribution in [0.1, 0.15) is 16.7 Å². The standard InChI is InChI=1S/C21H11F5O/c22-17-2-1-3-18(23)16(17)9-8-13-4-6-14(7-5-13)12-27-15-10-19(24)21(26)20(25)11-15/h1-7,10-11H,12H2. The summed E-state index contributed by atoms with van der Waals surface area (Å²) in [7, 11) is 0. The van der Waals surface area contributed by atoms with Crippen LogP contribution in [0.25, 0.3) is 0 Å². The molecule has 3 aromatic rings. The summed E-state index contributed by atoms with van der Waals surface area (Å²) in [6.45, 7) is -0.0137. The minimum Gasteiger partial charge on any atom is -0.489 e. The number of halogens is 5. The quantitative estimate of drug-likeness (QED) is 0.341. The summed E-state index contributed by atoms with van der Waals surface area (Å²) in [5.74, 6) is -0.773. The SMILES string of the molecule is Fc1cc(OCc2ccc(C#Cc3c(F)cccc3F)cc2)cc(F)c1F. The van der Waals surface area contributed by atoms with Crippen molar-refractivity contribution in [2.24, 2.45) is 0 Å². The zero-order chi connectivity index (χ0) is 19.4. The lowest BCUT2D eigenvalue weighted by Gasteiger charge is -2.07. The van der Waals surface area contributed by atoms with E-state index >= 15 is 0 Å². The van der Waals surface area contributed by atoms with Crippen molar-refractivity contribution >= 4 is 0 Å². The van der Waals surface area contributed by atoms with E-state index in [-0.39, 0.29) is 17.9 Å². The van der Waals surface area contributed by atoms with E-state index in [1.165, 1.54) is 6.07 Å². The molecule has 0 heterocycles. The van der Waals surface area contributed by atoms with Gasteiger partial charge >= 0.3 is 0 Å². The molecule has 0 fully saturated rings. The molecule has 0 spiro atoms. The van der Waals surface area contributed by atoms with Gasteiger partial charge in [-0.15, -0.1) is 0 Å². The first-order valence-electron chi connectivity index (χ1n) is 7.76. The second kappa shape index (κ2) is 7.92. The van der Waals surface area contributed by atoms with Gasteiger partial charge in [-0.3, -0.25) is 0 Å². The lowest BCUT2D eigenvalue weighted by atomic mass is 10.1. The van der Waals surface area contributed by atoms with E-state index in [0.717, 1.165) is 24.3 Å². The van der Waals surface area contributed by atoms with E-state index in [9.17, 15) is 22.0 Å². The fourth-order valence-corrected chi connectivity index (χ4v) is 2.22. The van der Waals surface area contributed by atoms with Crippen molar-refractivity contribution in [2.45, 2.75) is 6.61 Å². The molecule has 0 aromatic heterocycles. The Morgan fingerprint density at radius 1 is 0.704 bits per heavy atom. The minimum atomic E-state index is -1.56. The molecule has 0 amide bonds. The Bertz CT molecular complexity index is 989. The molecule has 27 heavy (non-hydrogen) atoms. The molecule has 0 aliphatic carbocycles. The summed E-state index contributed by atoms with van der Waals surface area (Å²) in [5, 5.41) is 0. The molecule has 136 valence electrons. The molecule has 0 aliphatic heterocycles. The van der Waals surface area contributed by atoms with Gasteiger partial charge in [-0.05, 0) is 29.8 Å². The molecular formula is C21H11F5O. The van der Waals surface area contributed by atoms with E-state index in [0.29, 0.717) is 11.1 Å². The third-order valence-corrected chi connectivity index (χ3v) is 3.61. The fraction of sp³-hybridized carbons (Fsp3) is 0.0476. The molecule has 0 aliphatic rings. The average molecular weight is 374 g/mol. The predicted molar refractivity (Wildman–Crippen MR) is 89.4 cm³/mol. The van der Waals surface area contributed by atoms with Crippen molar-refractivity contribution in [1.29, 1.82) is 0 Å². The van der Waals surface area contributed by atoms with Crippen LogP contribution in [0.5, 0.6) is 5.75 Å². The van der Waals surface area contributed by atoms with Crippen LogP contribution >= 0.6 is 0 Å². The Balaban J connectivity index is 1.69. The van der Waals surface area contributed by atoms with Crippen LogP contribution in [0.2, 0.25) is 0 Å². The predicted octanol–water partition coefficient (Wildman–Crippen LogP) is 5.36. The summed E-state index contributed by atoms with van der Waals surface area (Å²) in [6, 6.07) is 11.5. The molecule has 3 aromatic carbocycles. The monoisotopic (exact) mass is 374 g/mol. The first-order valence-corrected chi connectivity index (χ1v) is 7.76. The largest absolute Gasteiger partial charge is 0.489 e. The Morgan fingerprint density at radius 3 is 1.89 bits per heavy atom. The zero-order valence-corrected chi connectivity index (χ0v) is 13.7. The van der Waals surface area contributed by atoms with Crippen LogP contribution in [-0.2, 0) is 6.61 Å². The van der Waals surface area contributed by atoms with Gasteiger partial charge in [-0.1, -0.05) is 30.0 Å². The van der Waals surface area contributed by atoms with E-state index in [1.54, 1.807) is 24.3 Å². The van der Waals surface area contributed by atoms with Crippen LogP contribution in [-0.4, -0.2) is 0 Å². The maximum Gasteiger partial charge on any atom is 0.194 e. The lowest BCUT2D eigenvalue weighted by molar-refractivity contribution is 0.299. The van der Waals surface area contributed by atoms with Gasteiger partial charge in [0.05, 0.1) is 5.56 Å². The summed E-state index contributed by atoms with van der Waals surface area (Å²) in [5.41, 5.74) is 0.855. The van der Waals surface area contributed by atoms with Crippen molar-refractivity contribution in [3.05, 3.63) is 100 Å². The van der Waals surface area contributed by atoms with Gasteiger partial charge in [-0.25, -0.2) is 22.0 Å². The molecule has 1 nitrogen and oxygen atoms in total. The summed E-state index contributed by atoms with van der Waals surface area (Å²) in [4.78, 5) is 0. The minimum absolute atomic E-state index is 0.0137. The summed E-state index contributed by atoms with van der Waals surface area (Å²) >= 11 is 0. The molecule has 6 heteroatoms. The molecule has 0 N–H and O–H groups in total. The maximum atomic E-state index is 13.5. The van der Waals surface area contributed by atoms with Gasteiger partial charge in [0.25, 0.3) is 0 Å². The van der Waals surface area contributed by atoms with E-state index < -0.39 is 29.1 Å². The summed E-state index contributed by atoms with van der Waals surface area (Å²) in [6.07, 6.45) is 0. The second-order valence-corrected chi connectivity index (χ2v) is 5.53. The highest BCUT2D eigenvalue weighted by atomic mass is 19.2. The van der Waals surface area contributed by atoms with Crippen LogP contribution in [0.3, 0.4) is 0 Å². The van der Waals surface area contributed by atoms with Crippen molar-refractivity contribution < 1.29 is 26.7 Å². The Hall–Kier alpha value is -3.33. The van der Waals surface area contributed by atoms with Crippen LogP contribution in [0.4, 0.5) is 22.0 Å². The van der Waals surface area contributed by atoms with E-state index in [4.69, 9.17) is 4.74 Å². The van der Waals surface area contributed by atoms with Gasteiger partial charge in [0.1, 0.15) is 24.0 Å². The van der Waals surface area contributed by atoms with Gasteiger partial charge in [0, 0.05) is 17.7 Å². The first kappa shape index (κ1) is 18.5. The highest BCUT2D eigenvalue weighted by Gasteiger charge is 2.11. The molecule has 0 saturated heterocycles. The second-order valence-electron chi connectivity index (χ2n) is 5.53. The maximum absolute atomic E-state index is 13.5. The molecule has 3 rings (SSSR count). The highest BCUT2D eigenvalue weighted by Crippen LogP contribution is 2.20. The van der Waals surface area contributed by atoms with Crippen molar-refractivity contribution in [3.63, 3.8) is 0 Å². The average Bonchev–Trinajstić information content (AvgIpc) is 2.65. The van der Waals surface area contributed by atoms with E-state index in [2.05, 4.69) is 11.8 Å². The fourth-order valence-electron chi connectivity index (χ4n) is 2.22. The normalized spacial score (nSPS) is 10.3. The Morgan fingerprint density at radius 2 is 1.30 bits per heavy atom. The van der Waals surface area contributed by atoms with Crippen LogP contribution in [0, 0.1) is 40.9 Å². The molecule has 0 bridgehead atoms. The number of ether oxygens (including phenoxy) is 1. The van der Waals surface area contributed by atoms with Gasteiger partial charge in [0.15, 0.2) is 17.5 Å². The molecular weight excluding hydrogens is 363 g/mol. The highest BCUT2D eigenvalue weighted by molar-refractivity contribution is 5.44. The van der Waals surface area contributed by atoms with Crippen LogP contribution < -0.4 is 4.74 Å². The smallest absolute Gasteiger partial charge is 0.194 e. The van der Waals surface area contributed by atoms with Crippen molar-refractivity contribution in [2.75, 3.05) is 0 Å². The number of benzene rings is 3. The molecule has 0 radical (unpaired) electrons. The molecule has 0 saturated carbocycles. The Kier molecular flexibility index (Phi) is 5.41. The molecule has 0 atom stereocenters. The van der Waals surface area contributed by atoms with Gasteiger partial charge in [0.2, 0.25) is 0 Å². The zero-order valence-electron chi connectivity index (χ0n) is 13.7. The number of hydrogen-bond donors (Lipinski definition) is 0. The van der Waals surface area contributed by atoms with Crippen molar-refractivity contribution in [1.82, 2.24) is 0 Å². The van der Waals surface area contributed by atoms with E-state index in [1.807, 2.05) is 0 Å². The third kappa shape index (κ3) is 4.45. The topological polar surface area (TPSA) is 9.23 Å².